The Morgan fingerprint density at radius 3 is 2.55 bits per heavy atom. The predicted octanol–water partition coefficient (Wildman–Crippen LogP) is 2.17. The van der Waals surface area contributed by atoms with Gasteiger partial charge in [0.15, 0.2) is 5.78 Å². The third kappa shape index (κ3) is 4.39. The van der Waals surface area contributed by atoms with Crippen molar-refractivity contribution in [1.29, 1.82) is 0 Å². The third-order valence-corrected chi connectivity index (χ3v) is 3.89. The average molecular weight is 279 g/mol. The summed E-state index contributed by atoms with van der Waals surface area (Å²) in [7, 11) is 0. The number of carbonyl (C=O) groups excluding carboxylic acids is 1. The van der Waals surface area contributed by atoms with Crippen LogP contribution in [0.3, 0.4) is 0 Å². The number of Topliss-reactive ketones (excluding diaryl/α,β-unsaturated/α-hetero) is 1. The molecule has 3 nitrogen and oxygen atoms in total. The van der Waals surface area contributed by atoms with Crippen molar-refractivity contribution in [3.63, 3.8) is 0 Å². The molecular formula is C16H22FNO2. The van der Waals surface area contributed by atoms with Crippen molar-refractivity contribution in [2.24, 2.45) is 0 Å². The molecule has 2 rings (SSSR count). The summed E-state index contributed by atoms with van der Waals surface area (Å²) < 4.78 is 12.8. The van der Waals surface area contributed by atoms with E-state index in [1.165, 1.54) is 18.6 Å². The Labute approximate surface area is 119 Å². The Kier molecular flexibility index (Phi) is 5.68. The van der Waals surface area contributed by atoms with Crippen LogP contribution in [0.2, 0.25) is 0 Å². The van der Waals surface area contributed by atoms with Gasteiger partial charge in [0.2, 0.25) is 0 Å². The quantitative estimate of drug-likeness (QED) is 0.793. The van der Waals surface area contributed by atoms with E-state index in [4.69, 9.17) is 5.11 Å². The molecule has 0 aliphatic heterocycles. The zero-order valence-electron chi connectivity index (χ0n) is 11.7. The minimum atomic E-state index is -0.278. The molecule has 0 unspecified atom stereocenters. The standard InChI is InChI=1S/C16H22FNO2/c17-14-7-5-13(6-8-14)11-16(20)12-18(9-2-10-19)15-3-1-4-15/h5-8,15,19H,1-4,9-12H2. The molecule has 0 radical (unpaired) electrons. The van der Waals surface area contributed by atoms with Crippen molar-refractivity contribution in [3.05, 3.63) is 35.6 Å². The molecule has 110 valence electrons. The molecule has 0 aromatic heterocycles. The fourth-order valence-electron chi connectivity index (χ4n) is 2.53. The number of rotatable bonds is 8. The highest BCUT2D eigenvalue weighted by Gasteiger charge is 2.25. The molecule has 0 amide bonds. The van der Waals surface area contributed by atoms with E-state index in [-0.39, 0.29) is 18.2 Å². The number of aliphatic hydroxyl groups excluding tert-OH is 1. The summed E-state index contributed by atoms with van der Waals surface area (Å²) in [6.07, 6.45) is 4.58. The summed E-state index contributed by atoms with van der Waals surface area (Å²) in [5.41, 5.74) is 0.854. The molecule has 1 N–H and O–H groups in total. The molecule has 1 aliphatic rings. The van der Waals surface area contributed by atoms with Crippen LogP contribution in [-0.2, 0) is 11.2 Å². The lowest BCUT2D eigenvalue weighted by molar-refractivity contribution is -0.120. The highest BCUT2D eigenvalue weighted by Crippen LogP contribution is 2.24. The number of hydrogen-bond acceptors (Lipinski definition) is 3. The molecule has 0 spiro atoms. The van der Waals surface area contributed by atoms with Crippen LogP contribution in [0.4, 0.5) is 4.39 Å². The summed E-state index contributed by atoms with van der Waals surface area (Å²) in [6.45, 7) is 1.37. The smallest absolute Gasteiger partial charge is 0.151 e. The van der Waals surface area contributed by atoms with Gasteiger partial charge in [0.1, 0.15) is 5.82 Å². The summed E-state index contributed by atoms with van der Waals surface area (Å²) in [5, 5.41) is 8.94. The van der Waals surface area contributed by atoms with E-state index in [0.717, 1.165) is 24.9 Å². The molecule has 1 saturated carbocycles. The first-order chi connectivity index (χ1) is 9.69. The molecule has 1 fully saturated rings. The molecule has 1 aliphatic carbocycles. The summed E-state index contributed by atoms with van der Waals surface area (Å²) in [4.78, 5) is 14.3. The van der Waals surface area contributed by atoms with E-state index in [1.807, 2.05) is 0 Å². The number of nitrogens with zero attached hydrogens (tertiary/aromatic N) is 1. The van der Waals surface area contributed by atoms with E-state index in [1.54, 1.807) is 12.1 Å². The van der Waals surface area contributed by atoms with Crippen molar-refractivity contribution in [1.82, 2.24) is 4.90 Å². The fraction of sp³-hybridized carbons (Fsp3) is 0.562. The van der Waals surface area contributed by atoms with Gasteiger partial charge in [-0.2, -0.15) is 0 Å². The van der Waals surface area contributed by atoms with Crippen molar-refractivity contribution in [3.8, 4) is 0 Å². The number of halogens is 1. The molecular weight excluding hydrogens is 257 g/mol. The Balaban J connectivity index is 1.85. The van der Waals surface area contributed by atoms with Crippen LogP contribution in [0.5, 0.6) is 0 Å². The van der Waals surface area contributed by atoms with E-state index >= 15 is 0 Å². The van der Waals surface area contributed by atoms with E-state index in [0.29, 0.717) is 25.4 Å². The Morgan fingerprint density at radius 2 is 2.00 bits per heavy atom. The lowest BCUT2D eigenvalue weighted by Gasteiger charge is -2.37. The van der Waals surface area contributed by atoms with Gasteiger partial charge in [-0.15, -0.1) is 0 Å². The molecule has 1 aromatic rings. The lowest BCUT2D eigenvalue weighted by Crippen LogP contribution is -2.44. The summed E-state index contributed by atoms with van der Waals surface area (Å²) >= 11 is 0. The number of carbonyl (C=O) groups is 1. The molecule has 0 bridgehead atoms. The van der Waals surface area contributed by atoms with Crippen molar-refractivity contribution in [2.75, 3.05) is 19.7 Å². The second-order valence-corrected chi connectivity index (χ2v) is 5.47. The maximum absolute atomic E-state index is 12.8. The lowest BCUT2D eigenvalue weighted by atomic mass is 9.91. The topological polar surface area (TPSA) is 40.5 Å². The van der Waals surface area contributed by atoms with Gasteiger partial charge in [0.25, 0.3) is 0 Å². The highest BCUT2D eigenvalue weighted by atomic mass is 19.1. The third-order valence-electron chi connectivity index (χ3n) is 3.89. The average Bonchev–Trinajstić information content (AvgIpc) is 2.36. The highest BCUT2D eigenvalue weighted by molar-refractivity contribution is 5.82. The Hall–Kier alpha value is -1.26. The van der Waals surface area contributed by atoms with Crippen LogP contribution in [0, 0.1) is 5.82 Å². The van der Waals surface area contributed by atoms with Crippen LogP contribution >= 0.6 is 0 Å². The van der Waals surface area contributed by atoms with Gasteiger partial charge in [0, 0.05) is 25.6 Å². The van der Waals surface area contributed by atoms with Gasteiger partial charge in [-0.25, -0.2) is 4.39 Å². The Morgan fingerprint density at radius 1 is 1.30 bits per heavy atom. The first kappa shape index (κ1) is 15.1. The second kappa shape index (κ2) is 7.50. The van der Waals surface area contributed by atoms with Crippen LogP contribution in [0.25, 0.3) is 0 Å². The van der Waals surface area contributed by atoms with Gasteiger partial charge >= 0.3 is 0 Å². The SMILES string of the molecule is O=C(Cc1ccc(F)cc1)CN(CCCO)C1CCC1. The van der Waals surface area contributed by atoms with E-state index < -0.39 is 0 Å². The van der Waals surface area contributed by atoms with Gasteiger partial charge in [-0.3, -0.25) is 9.69 Å². The zero-order valence-corrected chi connectivity index (χ0v) is 11.7. The fourth-order valence-corrected chi connectivity index (χ4v) is 2.53. The minimum Gasteiger partial charge on any atom is -0.396 e. The monoisotopic (exact) mass is 279 g/mol. The van der Waals surface area contributed by atoms with Gasteiger partial charge in [-0.1, -0.05) is 18.6 Å². The Bertz CT molecular complexity index is 429. The minimum absolute atomic E-state index is 0.154. The molecule has 0 atom stereocenters. The summed E-state index contributed by atoms with van der Waals surface area (Å²) in [6, 6.07) is 6.60. The number of aliphatic hydroxyl groups is 1. The summed E-state index contributed by atoms with van der Waals surface area (Å²) in [5.74, 6) is -0.123. The van der Waals surface area contributed by atoms with Gasteiger partial charge in [0.05, 0.1) is 6.54 Å². The molecule has 0 saturated heterocycles. The van der Waals surface area contributed by atoms with Crippen LogP contribution < -0.4 is 0 Å². The first-order valence-corrected chi connectivity index (χ1v) is 7.30. The van der Waals surface area contributed by atoms with E-state index in [2.05, 4.69) is 4.90 Å². The maximum atomic E-state index is 12.8. The van der Waals surface area contributed by atoms with Crippen LogP contribution in [-0.4, -0.2) is 41.5 Å². The molecule has 0 heterocycles. The van der Waals surface area contributed by atoms with Crippen molar-refractivity contribution < 1.29 is 14.3 Å². The number of benzene rings is 1. The molecule has 20 heavy (non-hydrogen) atoms. The van der Waals surface area contributed by atoms with Crippen molar-refractivity contribution in [2.45, 2.75) is 38.1 Å². The number of ketones is 1. The molecule has 1 aromatic carbocycles. The number of hydrogen-bond donors (Lipinski definition) is 1. The van der Waals surface area contributed by atoms with Crippen LogP contribution in [0.1, 0.15) is 31.2 Å². The largest absolute Gasteiger partial charge is 0.396 e. The first-order valence-electron chi connectivity index (χ1n) is 7.30. The maximum Gasteiger partial charge on any atom is 0.151 e. The van der Waals surface area contributed by atoms with Crippen LogP contribution in [0.15, 0.2) is 24.3 Å². The predicted molar refractivity (Wildman–Crippen MR) is 76.0 cm³/mol. The zero-order chi connectivity index (χ0) is 14.4. The van der Waals surface area contributed by atoms with Gasteiger partial charge < -0.3 is 5.11 Å². The normalized spacial score (nSPS) is 15.3. The second-order valence-electron chi connectivity index (χ2n) is 5.47. The van der Waals surface area contributed by atoms with Crippen molar-refractivity contribution >= 4 is 5.78 Å². The van der Waals surface area contributed by atoms with Gasteiger partial charge in [-0.05, 0) is 37.0 Å². The molecule has 4 heteroatoms. The van der Waals surface area contributed by atoms with E-state index in [9.17, 15) is 9.18 Å².